The summed E-state index contributed by atoms with van der Waals surface area (Å²) in [5.74, 6) is 0.948. The molecule has 0 saturated heterocycles. The van der Waals surface area contributed by atoms with Crippen LogP contribution in [0.15, 0.2) is 36.4 Å². The Bertz CT molecular complexity index is 589. The molecule has 0 amide bonds. The highest BCUT2D eigenvalue weighted by Gasteiger charge is 2.26. The van der Waals surface area contributed by atoms with Crippen molar-refractivity contribution in [2.24, 2.45) is 11.8 Å². The third kappa shape index (κ3) is 6.74. The van der Waals surface area contributed by atoms with Crippen LogP contribution in [0.2, 0.25) is 0 Å². The van der Waals surface area contributed by atoms with Crippen molar-refractivity contribution in [3.05, 3.63) is 42.0 Å². The third-order valence-electron chi connectivity index (χ3n) is 5.01. The van der Waals surface area contributed by atoms with Gasteiger partial charge in [0.15, 0.2) is 0 Å². The maximum absolute atomic E-state index is 12.3. The Kier molecular flexibility index (Phi) is 8.25. The zero-order valence-electron chi connectivity index (χ0n) is 15.2. The Morgan fingerprint density at radius 1 is 1.16 bits per heavy atom. The highest BCUT2D eigenvalue weighted by molar-refractivity contribution is 5.75. The van der Waals surface area contributed by atoms with E-state index in [1.165, 1.54) is 31.2 Å². The topological polar surface area (TPSA) is 50.1 Å². The van der Waals surface area contributed by atoms with Gasteiger partial charge >= 0.3 is 5.97 Å². The van der Waals surface area contributed by atoms with E-state index in [-0.39, 0.29) is 11.9 Å². The monoisotopic (exact) mass is 339 g/mol. The Hall–Kier alpha value is -2.08. The van der Waals surface area contributed by atoms with Crippen molar-refractivity contribution in [1.82, 2.24) is 0 Å². The van der Waals surface area contributed by atoms with Gasteiger partial charge < -0.3 is 4.74 Å². The van der Waals surface area contributed by atoms with Crippen LogP contribution in [-0.4, -0.2) is 5.97 Å². The molecule has 0 radical (unpaired) electrons. The van der Waals surface area contributed by atoms with Gasteiger partial charge in [0.1, 0.15) is 5.75 Å². The summed E-state index contributed by atoms with van der Waals surface area (Å²) in [5.41, 5.74) is 1.31. The van der Waals surface area contributed by atoms with Gasteiger partial charge in [-0.25, -0.2) is 0 Å². The number of nitrogens with zero attached hydrogens (tertiary/aromatic N) is 1. The number of nitriles is 1. The van der Waals surface area contributed by atoms with E-state index in [2.05, 4.69) is 19.1 Å². The number of ether oxygens (including phenoxy) is 1. The first-order valence-electron chi connectivity index (χ1n) is 9.60. The molecule has 0 N–H and O–H groups in total. The van der Waals surface area contributed by atoms with Crippen molar-refractivity contribution in [3.8, 4) is 11.8 Å². The first-order valence-corrected chi connectivity index (χ1v) is 9.60. The van der Waals surface area contributed by atoms with Crippen LogP contribution in [-0.2, 0) is 11.2 Å². The molecule has 25 heavy (non-hydrogen) atoms. The predicted molar refractivity (Wildman–Crippen MR) is 100 cm³/mol. The summed E-state index contributed by atoms with van der Waals surface area (Å²) < 4.78 is 5.56. The van der Waals surface area contributed by atoms with E-state index in [1.807, 2.05) is 24.3 Å². The van der Waals surface area contributed by atoms with Crippen LogP contribution in [0, 0.1) is 23.2 Å². The number of aryl methyl sites for hydroxylation is 1. The maximum atomic E-state index is 12.3. The number of benzene rings is 1. The van der Waals surface area contributed by atoms with Gasteiger partial charge in [-0.2, -0.15) is 5.26 Å². The predicted octanol–water partition coefficient (Wildman–Crippen LogP) is 5.60. The van der Waals surface area contributed by atoms with E-state index in [9.17, 15) is 4.79 Å². The van der Waals surface area contributed by atoms with Crippen molar-refractivity contribution < 1.29 is 9.53 Å². The number of rotatable bonds is 8. The Morgan fingerprint density at radius 2 is 1.88 bits per heavy atom. The molecule has 0 bridgehead atoms. The lowest BCUT2D eigenvalue weighted by Crippen LogP contribution is -2.25. The summed E-state index contributed by atoms with van der Waals surface area (Å²) in [6, 6.07) is 9.99. The molecule has 134 valence electrons. The van der Waals surface area contributed by atoms with Crippen molar-refractivity contribution in [2.75, 3.05) is 0 Å². The van der Waals surface area contributed by atoms with E-state index in [4.69, 9.17) is 10.00 Å². The van der Waals surface area contributed by atoms with E-state index in [0.717, 1.165) is 32.1 Å². The number of hydrogen-bond acceptors (Lipinski definition) is 3. The van der Waals surface area contributed by atoms with Crippen LogP contribution in [0.4, 0.5) is 0 Å². The number of unbranched alkanes of at least 4 members (excludes halogenated alkanes) is 3. The fraction of sp³-hybridized carbons (Fsp3) is 0.545. The highest BCUT2D eigenvalue weighted by atomic mass is 16.5. The molecule has 3 nitrogen and oxygen atoms in total. The summed E-state index contributed by atoms with van der Waals surface area (Å²) in [4.78, 5) is 12.3. The third-order valence-corrected chi connectivity index (χ3v) is 5.01. The molecule has 2 rings (SSSR count). The van der Waals surface area contributed by atoms with Crippen LogP contribution in [0.1, 0.15) is 63.9 Å². The Balaban J connectivity index is 1.75. The second kappa shape index (κ2) is 10.7. The molecule has 1 aliphatic rings. The number of carbonyl (C=O) groups is 1. The molecule has 0 spiro atoms. The largest absolute Gasteiger partial charge is 0.426 e. The van der Waals surface area contributed by atoms with Crippen molar-refractivity contribution in [2.45, 2.75) is 64.7 Å². The number of allylic oxidation sites excluding steroid dienone is 2. The van der Waals surface area contributed by atoms with Gasteiger partial charge in [0.25, 0.3) is 0 Å². The highest BCUT2D eigenvalue weighted by Crippen LogP contribution is 2.30. The van der Waals surface area contributed by atoms with Gasteiger partial charge in [0.05, 0.1) is 12.0 Å². The van der Waals surface area contributed by atoms with Crippen LogP contribution in [0.5, 0.6) is 5.75 Å². The minimum atomic E-state index is -0.113. The lowest BCUT2D eigenvalue weighted by molar-refractivity contribution is -0.140. The molecule has 1 fully saturated rings. The average Bonchev–Trinajstić information content (AvgIpc) is 2.65. The normalized spacial score (nSPS) is 20.3. The summed E-state index contributed by atoms with van der Waals surface area (Å²) in [6.45, 7) is 2.22. The summed E-state index contributed by atoms with van der Waals surface area (Å²) in [7, 11) is 0. The fourth-order valence-electron chi connectivity index (χ4n) is 3.41. The smallest absolute Gasteiger partial charge is 0.314 e. The lowest BCUT2D eigenvalue weighted by Gasteiger charge is -2.25. The molecule has 0 aromatic heterocycles. The van der Waals surface area contributed by atoms with Gasteiger partial charge in [0.2, 0.25) is 0 Å². The zero-order valence-corrected chi connectivity index (χ0v) is 15.2. The molecule has 3 heteroatoms. The molecule has 1 saturated carbocycles. The van der Waals surface area contributed by atoms with E-state index < -0.39 is 0 Å². The first kappa shape index (κ1) is 19.2. The van der Waals surface area contributed by atoms with E-state index in [0.29, 0.717) is 11.7 Å². The van der Waals surface area contributed by atoms with Crippen LogP contribution in [0.25, 0.3) is 0 Å². The molecule has 0 unspecified atom stereocenters. The van der Waals surface area contributed by atoms with Crippen LogP contribution in [0.3, 0.4) is 0 Å². The van der Waals surface area contributed by atoms with Crippen molar-refractivity contribution in [1.29, 1.82) is 5.26 Å². The molecule has 1 aromatic rings. The summed E-state index contributed by atoms with van der Waals surface area (Å²) in [6.07, 6.45) is 13.2. The summed E-state index contributed by atoms with van der Waals surface area (Å²) in [5, 5.41) is 8.58. The summed E-state index contributed by atoms with van der Waals surface area (Å²) >= 11 is 0. The van der Waals surface area contributed by atoms with Crippen LogP contribution >= 0.6 is 0 Å². The number of hydrogen-bond donors (Lipinski definition) is 0. The first-order chi connectivity index (χ1) is 12.2. The zero-order chi connectivity index (χ0) is 17.9. The molecule has 0 atom stereocenters. The average molecular weight is 339 g/mol. The van der Waals surface area contributed by atoms with Crippen molar-refractivity contribution >= 4 is 5.97 Å². The standard InChI is InChI=1S/C22H29NO2/c1-2-3-4-5-7-18-11-15-21(16-12-18)25-22(24)20-13-9-19(10-14-20)8-6-17-23/h6,8,11-12,15-16,19-20H,2-5,7,9-10,13-14H2,1H3. The fourth-order valence-corrected chi connectivity index (χ4v) is 3.41. The van der Waals surface area contributed by atoms with Gasteiger partial charge in [-0.15, -0.1) is 0 Å². The van der Waals surface area contributed by atoms with Gasteiger partial charge in [-0.05, 0) is 62.1 Å². The molecule has 0 heterocycles. The van der Waals surface area contributed by atoms with E-state index >= 15 is 0 Å². The van der Waals surface area contributed by atoms with Crippen LogP contribution < -0.4 is 4.74 Å². The number of esters is 1. The molecule has 0 aliphatic heterocycles. The Morgan fingerprint density at radius 3 is 2.52 bits per heavy atom. The minimum absolute atomic E-state index is 0.0135. The Labute approximate surface area is 151 Å². The van der Waals surface area contributed by atoms with Gasteiger partial charge in [-0.3, -0.25) is 4.79 Å². The minimum Gasteiger partial charge on any atom is -0.426 e. The van der Waals surface area contributed by atoms with Gasteiger partial charge in [-0.1, -0.05) is 44.4 Å². The van der Waals surface area contributed by atoms with Crippen molar-refractivity contribution in [3.63, 3.8) is 0 Å². The number of carbonyl (C=O) groups excluding carboxylic acids is 1. The molecule has 1 aliphatic carbocycles. The SMILES string of the molecule is CCCCCCc1ccc(OC(=O)C2CCC(C=CC#N)CC2)cc1. The van der Waals surface area contributed by atoms with Gasteiger partial charge in [0, 0.05) is 6.08 Å². The molecular weight excluding hydrogens is 310 g/mol. The van der Waals surface area contributed by atoms with E-state index in [1.54, 1.807) is 6.08 Å². The molecule has 1 aromatic carbocycles. The second-order valence-corrected chi connectivity index (χ2v) is 6.98. The second-order valence-electron chi connectivity index (χ2n) is 6.98. The quantitative estimate of drug-likeness (QED) is 0.268. The lowest BCUT2D eigenvalue weighted by atomic mass is 9.82. The molecular formula is C22H29NO2. The maximum Gasteiger partial charge on any atom is 0.314 e.